The van der Waals surface area contributed by atoms with E-state index in [0.717, 1.165) is 18.4 Å². The molecule has 1 aromatic carbocycles. The zero-order chi connectivity index (χ0) is 14.8. The summed E-state index contributed by atoms with van der Waals surface area (Å²) in [6.45, 7) is 2.05. The molecule has 0 fully saturated rings. The molecule has 21 heavy (non-hydrogen) atoms. The molecule has 1 aliphatic rings. The van der Waals surface area contributed by atoms with Crippen molar-refractivity contribution in [2.24, 2.45) is 0 Å². The van der Waals surface area contributed by atoms with Gasteiger partial charge in [-0.15, -0.1) is 0 Å². The molecule has 0 atom stereocenters. The van der Waals surface area contributed by atoms with Gasteiger partial charge in [-0.05, 0) is 48.9 Å². The van der Waals surface area contributed by atoms with Crippen molar-refractivity contribution in [1.82, 2.24) is 4.98 Å². The van der Waals surface area contributed by atoms with Gasteiger partial charge in [0.2, 0.25) is 0 Å². The lowest BCUT2D eigenvalue weighted by atomic mass is 10.1. The Balaban J connectivity index is 1.70. The number of carbonyl (C=O) groups is 1. The van der Waals surface area contributed by atoms with Gasteiger partial charge >= 0.3 is 5.97 Å². The topological polar surface area (TPSA) is 65.2 Å². The van der Waals surface area contributed by atoms with Gasteiger partial charge in [-0.1, -0.05) is 18.2 Å². The molecular weight excluding hydrogens is 264 g/mol. The van der Waals surface area contributed by atoms with Gasteiger partial charge in [-0.25, -0.2) is 4.79 Å². The van der Waals surface area contributed by atoms with E-state index in [4.69, 9.17) is 10.5 Å². The molecule has 0 spiro atoms. The second-order valence-corrected chi connectivity index (χ2v) is 5.43. The minimum atomic E-state index is -0.382. The smallest absolute Gasteiger partial charge is 0.340 e. The number of rotatable bonds is 3. The molecule has 0 amide bonds. The van der Waals surface area contributed by atoms with E-state index in [1.54, 1.807) is 13.0 Å². The Morgan fingerprint density at radius 2 is 2.10 bits per heavy atom. The molecule has 4 heteroatoms. The van der Waals surface area contributed by atoms with Crippen LogP contribution in [-0.2, 0) is 24.2 Å². The highest BCUT2D eigenvalue weighted by Gasteiger charge is 2.14. The molecule has 0 saturated carbocycles. The van der Waals surface area contributed by atoms with Crippen molar-refractivity contribution in [3.8, 4) is 0 Å². The molecule has 0 saturated heterocycles. The molecule has 4 nitrogen and oxygen atoms in total. The Bertz CT molecular complexity index is 695. The molecule has 2 N–H and O–H groups in total. The Labute approximate surface area is 124 Å². The van der Waals surface area contributed by atoms with E-state index in [-0.39, 0.29) is 12.6 Å². The van der Waals surface area contributed by atoms with Gasteiger partial charge in [0, 0.05) is 0 Å². The monoisotopic (exact) mass is 282 g/mol. The van der Waals surface area contributed by atoms with Gasteiger partial charge in [0.05, 0.1) is 23.1 Å². The quantitative estimate of drug-likeness (QED) is 0.879. The van der Waals surface area contributed by atoms with Crippen LogP contribution in [0.2, 0.25) is 0 Å². The Morgan fingerprint density at radius 3 is 2.95 bits per heavy atom. The Hall–Kier alpha value is -2.36. The van der Waals surface area contributed by atoms with E-state index in [2.05, 4.69) is 17.1 Å². The molecule has 1 heterocycles. The van der Waals surface area contributed by atoms with Crippen LogP contribution in [0, 0.1) is 6.92 Å². The number of anilines is 1. The Morgan fingerprint density at radius 1 is 1.29 bits per heavy atom. The highest BCUT2D eigenvalue weighted by atomic mass is 16.5. The number of pyridine rings is 1. The van der Waals surface area contributed by atoms with Gasteiger partial charge in [-0.3, -0.25) is 4.98 Å². The molecule has 1 aromatic heterocycles. The first kappa shape index (κ1) is 13.6. The summed E-state index contributed by atoms with van der Waals surface area (Å²) in [5.41, 5.74) is 11.0. The number of esters is 1. The normalized spacial score (nSPS) is 13.0. The van der Waals surface area contributed by atoms with Gasteiger partial charge < -0.3 is 10.5 Å². The summed E-state index contributed by atoms with van der Waals surface area (Å²) in [7, 11) is 0. The number of aryl methyl sites for hydroxylation is 3. The molecule has 108 valence electrons. The first-order valence-electron chi connectivity index (χ1n) is 7.13. The largest absolute Gasteiger partial charge is 0.457 e. The number of carbonyl (C=O) groups excluding carboxylic acids is 1. The van der Waals surface area contributed by atoms with Crippen LogP contribution in [0.25, 0.3) is 0 Å². The second kappa shape index (κ2) is 5.56. The SMILES string of the molecule is Cc1ncc(N)cc1C(=O)OCc1ccc2c(c1)CCC2. The van der Waals surface area contributed by atoms with Crippen LogP contribution in [0.1, 0.15) is 39.2 Å². The molecule has 0 bridgehead atoms. The number of benzene rings is 1. The maximum atomic E-state index is 12.1. The molecular formula is C17H18N2O2. The van der Waals surface area contributed by atoms with Crippen molar-refractivity contribution in [3.05, 3.63) is 58.4 Å². The first-order chi connectivity index (χ1) is 10.1. The standard InChI is InChI=1S/C17H18N2O2/c1-11-16(8-15(18)9-19-11)17(20)21-10-12-5-6-13-3-2-4-14(13)7-12/h5-9H,2-4,10,18H2,1H3. The van der Waals surface area contributed by atoms with Crippen LogP contribution in [0.15, 0.2) is 30.5 Å². The van der Waals surface area contributed by atoms with Gasteiger partial charge in [0.1, 0.15) is 6.61 Å². The minimum Gasteiger partial charge on any atom is -0.457 e. The van der Waals surface area contributed by atoms with Gasteiger partial charge in [0.25, 0.3) is 0 Å². The third kappa shape index (κ3) is 2.89. The Kier molecular flexibility index (Phi) is 3.60. The number of nitrogens with two attached hydrogens (primary N) is 1. The van der Waals surface area contributed by atoms with E-state index in [0.29, 0.717) is 16.9 Å². The fraction of sp³-hybridized carbons (Fsp3) is 0.294. The summed E-state index contributed by atoms with van der Waals surface area (Å²) in [6, 6.07) is 7.91. The predicted molar refractivity (Wildman–Crippen MR) is 81.0 cm³/mol. The van der Waals surface area contributed by atoms with E-state index in [1.807, 2.05) is 6.07 Å². The highest BCUT2D eigenvalue weighted by Crippen LogP contribution is 2.23. The first-order valence-corrected chi connectivity index (χ1v) is 7.13. The second-order valence-electron chi connectivity index (χ2n) is 5.43. The van der Waals surface area contributed by atoms with Crippen LogP contribution in [-0.4, -0.2) is 11.0 Å². The van der Waals surface area contributed by atoms with Crippen molar-refractivity contribution in [2.75, 3.05) is 5.73 Å². The maximum absolute atomic E-state index is 12.1. The maximum Gasteiger partial charge on any atom is 0.340 e. The molecule has 1 aliphatic carbocycles. The lowest BCUT2D eigenvalue weighted by Gasteiger charge is -2.08. The number of fused-ring (bicyclic) bond motifs is 1. The molecule has 0 aliphatic heterocycles. The van der Waals surface area contributed by atoms with E-state index in [1.165, 1.54) is 23.7 Å². The number of nitrogen functional groups attached to an aromatic ring is 1. The van der Waals surface area contributed by atoms with Gasteiger partial charge in [-0.2, -0.15) is 0 Å². The average Bonchev–Trinajstić information content (AvgIpc) is 2.94. The lowest BCUT2D eigenvalue weighted by molar-refractivity contribution is 0.0471. The van der Waals surface area contributed by atoms with E-state index < -0.39 is 0 Å². The summed E-state index contributed by atoms with van der Waals surface area (Å²) in [5.74, 6) is -0.382. The van der Waals surface area contributed by atoms with Crippen molar-refractivity contribution in [3.63, 3.8) is 0 Å². The summed E-state index contributed by atoms with van der Waals surface area (Å²) < 4.78 is 5.38. The number of ether oxygens (including phenoxy) is 1. The third-order valence-electron chi connectivity index (χ3n) is 3.86. The highest BCUT2D eigenvalue weighted by molar-refractivity contribution is 5.91. The number of hydrogen-bond donors (Lipinski definition) is 1. The summed E-state index contributed by atoms with van der Waals surface area (Å²) >= 11 is 0. The summed E-state index contributed by atoms with van der Waals surface area (Å²) in [6.07, 6.45) is 5.03. The zero-order valence-corrected chi connectivity index (χ0v) is 12.1. The number of hydrogen-bond acceptors (Lipinski definition) is 4. The summed E-state index contributed by atoms with van der Waals surface area (Å²) in [5, 5.41) is 0. The van der Waals surface area contributed by atoms with Crippen molar-refractivity contribution in [2.45, 2.75) is 32.8 Å². The minimum absolute atomic E-state index is 0.278. The lowest BCUT2D eigenvalue weighted by Crippen LogP contribution is -2.09. The molecule has 2 aromatic rings. The number of aromatic nitrogens is 1. The molecule has 0 radical (unpaired) electrons. The van der Waals surface area contributed by atoms with Crippen molar-refractivity contribution < 1.29 is 9.53 Å². The summed E-state index contributed by atoms with van der Waals surface area (Å²) in [4.78, 5) is 16.2. The fourth-order valence-electron chi connectivity index (χ4n) is 2.70. The molecule has 0 unspecified atom stereocenters. The van der Waals surface area contributed by atoms with E-state index in [9.17, 15) is 4.79 Å². The zero-order valence-electron chi connectivity index (χ0n) is 12.1. The van der Waals surface area contributed by atoms with Crippen molar-refractivity contribution in [1.29, 1.82) is 0 Å². The van der Waals surface area contributed by atoms with Gasteiger partial charge in [0.15, 0.2) is 0 Å². The van der Waals surface area contributed by atoms with Crippen LogP contribution in [0.5, 0.6) is 0 Å². The van der Waals surface area contributed by atoms with Crippen LogP contribution < -0.4 is 5.73 Å². The third-order valence-corrected chi connectivity index (χ3v) is 3.86. The number of nitrogens with zero attached hydrogens (tertiary/aromatic N) is 1. The average molecular weight is 282 g/mol. The van der Waals surface area contributed by atoms with Crippen LogP contribution in [0.3, 0.4) is 0 Å². The molecule has 3 rings (SSSR count). The predicted octanol–water partition coefficient (Wildman–Crippen LogP) is 2.82. The van der Waals surface area contributed by atoms with Crippen molar-refractivity contribution >= 4 is 11.7 Å². The van der Waals surface area contributed by atoms with Crippen LogP contribution >= 0.6 is 0 Å². The fourth-order valence-corrected chi connectivity index (χ4v) is 2.70. The van der Waals surface area contributed by atoms with E-state index >= 15 is 0 Å². The van der Waals surface area contributed by atoms with Crippen LogP contribution in [0.4, 0.5) is 5.69 Å².